The molecule has 0 aliphatic heterocycles. The first-order valence-corrected chi connectivity index (χ1v) is 3.18. The van der Waals surface area contributed by atoms with Crippen LogP contribution in [-0.2, 0) is 6.54 Å². The van der Waals surface area contributed by atoms with Crippen molar-refractivity contribution in [1.29, 1.82) is 0 Å². The molecule has 1 atom stereocenters. The first kappa shape index (κ1) is 5.77. The Kier molecular flexibility index (Phi) is 1.64. The molecule has 0 saturated carbocycles. The van der Waals surface area contributed by atoms with Crippen LogP contribution in [0.15, 0.2) is 12.4 Å². The van der Waals surface area contributed by atoms with E-state index in [4.69, 9.17) is 0 Å². The molecule has 0 fully saturated rings. The number of aromatic nitrogens is 2. The van der Waals surface area contributed by atoms with Gasteiger partial charge in [0.1, 0.15) is 0 Å². The maximum absolute atomic E-state index is 4.03. The maximum atomic E-state index is 4.03. The highest BCUT2D eigenvalue weighted by Gasteiger charge is 1.86. The van der Waals surface area contributed by atoms with Gasteiger partial charge in [0, 0.05) is 18.0 Å². The zero-order valence-corrected chi connectivity index (χ0v) is 5.99. The van der Waals surface area contributed by atoms with Crippen molar-refractivity contribution in [3.8, 4) is 0 Å². The Morgan fingerprint density at radius 1 is 1.88 bits per heavy atom. The highest BCUT2D eigenvalue weighted by atomic mass is 31.0. The van der Waals surface area contributed by atoms with E-state index >= 15 is 0 Å². The van der Waals surface area contributed by atoms with Crippen molar-refractivity contribution in [3.63, 3.8) is 0 Å². The first-order chi connectivity index (χ1) is 3.83. The van der Waals surface area contributed by atoms with Crippen molar-refractivity contribution in [2.75, 3.05) is 0 Å². The van der Waals surface area contributed by atoms with Crippen LogP contribution in [0.2, 0.25) is 0 Å². The number of hydrogen-bond donors (Lipinski definition) is 0. The third kappa shape index (κ3) is 1.07. The minimum absolute atomic E-state index is 0.953. The molecule has 0 aliphatic carbocycles. The van der Waals surface area contributed by atoms with Crippen molar-refractivity contribution in [1.82, 2.24) is 9.78 Å². The Balaban J connectivity index is 2.84. The summed E-state index contributed by atoms with van der Waals surface area (Å²) in [7, 11) is 2.60. The molecule has 1 rings (SSSR count). The average molecular weight is 128 g/mol. The van der Waals surface area contributed by atoms with Crippen LogP contribution in [0.3, 0.4) is 0 Å². The molecule has 0 spiro atoms. The summed E-state index contributed by atoms with van der Waals surface area (Å²) in [5.41, 5.74) is 0. The topological polar surface area (TPSA) is 17.8 Å². The molecule has 0 N–H and O–H groups in total. The van der Waals surface area contributed by atoms with Gasteiger partial charge < -0.3 is 0 Å². The van der Waals surface area contributed by atoms with Gasteiger partial charge in [0.25, 0.3) is 0 Å². The average Bonchev–Trinajstić information content (AvgIpc) is 2.14. The van der Waals surface area contributed by atoms with Crippen molar-refractivity contribution in [2.45, 2.75) is 13.5 Å². The smallest absolute Gasteiger partial charge is 0.0561 e. The third-order valence-corrected chi connectivity index (χ3v) is 1.28. The monoisotopic (exact) mass is 128 g/mol. The largest absolute Gasteiger partial charge is 0.272 e. The van der Waals surface area contributed by atoms with E-state index in [1.165, 1.54) is 0 Å². The molecule has 0 aromatic carbocycles. The molecule has 44 valence electrons. The lowest BCUT2D eigenvalue weighted by atomic mass is 10.7. The van der Waals surface area contributed by atoms with Gasteiger partial charge in [-0.1, -0.05) is 0 Å². The Morgan fingerprint density at radius 2 is 2.62 bits per heavy atom. The number of rotatable bonds is 1. The van der Waals surface area contributed by atoms with E-state index in [9.17, 15) is 0 Å². The minimum Gasteiger partial charge on any atom is -0.272 e. The molecule has 0 amide bonds. The normalized spacial score (nSPS) is 9.75. The molecule has 0 aliphatic rings. The summed E-state index contributed by atoms with van der Waals surface area (Å²) < 4.78 is 1.89. The molecule has 2 nitrogen and oxygen atoms in total. The second-order valence-corrected chi connectivity index (χ2v) is 2.30. The molecular formula is C5H9N2P. The Bertz CT molecular complexity index is 171. The third-order valence-electron chi connectivity index (χ3n) is 0.977. The lowest BCUT2D eigenvalue weighted by Crippen LogP contribution is -1.93. The summed E-state index contributed by atoms with van der Waals surface area (Å²) in [6, 6.07) is 0. The zero-order chi connectivity index (χ0) is 5.98. The van der Waals surface area contributed by atoms with Gasteiger partial charge in [-0.2, -0.15) is 5.10 Å². The zero-order valence-electron chi connectivity index (χ0n) is 4.83. The predicted octanol–water partition coefficient (Wildman–Crippen LogP) is 0.403. The van der Waals surface area contributed by atoms with E-state index in [0.29, 0.717) is 0 Å². The van der Waals surface area contributed by atoms with Crippen LogP contribution in [-0.4, -0.2) is 9.78 Å². The Labute approximate surface area is 51.1 Å². The fraction of sp³-hybridized carbons (Fsp3) is 0.400. The number of nitrogens with zero attached hydrogens (tertiary/aromatic N) is 2. The van der Waals surface area contributed by atoms with Crippen LogP contribution < -0.4 is 5.30 Å². The van der Waals surface area contributed by atoms with E-state index in [0.717, 1.165) is 11.8 Å². The highest BCUT2D eigenvalue weighted by molar-refractivity contribution is 7.27. The summed E-state index contributed by atoms with van der Waals surface area (Å²) >= 11 is 0. The quantitative estimate of drug-likeness (QED) is 0.501. The molecule has 3 heteroatoms. The van der Waals surface area contributed by atoms with Crippen LogP contribution in [0.5, 0.6) is 0 Å². The van der Waals surface area contributed by atoms with Crippen molar-refractivity contribution in [2.24, 2.45) is 0 Å². The predicted molar refractivity (Wildman–Crippen MR) is 37.2 cm³/mol. The van der Waals surface area contributed by atoms with Crippen molar-refractivity contribution < 1.29 is 0 Å². The summed E-state index contributed by atoms with van der Waals surface area (Å²) in [5.74, 6) is 0. The lowest BCUT2D eigenvalue weighted by Gasteiger charge is -1.88. The summed E-state index contributed by atoms with van der Waals surface area (Å²) in [6.07, 6.45) is 3.82. The van der Waals surface area contributed by atoms with Crippen molar-refractivity contribution in [3.05, 3.63) is 12.4 Å². The molecule has 0 bridgehead atoms. The fourth-order valence-electron chi connectivity index (χ4n) is 0.553. The number of aryl methyl sites for hydroxylation is 1. The Hall–Kier alpha value is -0.360. The van der Waals surface area contributed by atoms with Crippen LogP contribution in [0.1, 0.15) is 6.92 Å². The molecular weight excluding hydrogens is 119 g/mol. The molecule has 1 unspecified atom stereocenters. The molecule has 1 heterocycles. The van der Waals surface area contributed by atoms with Gasteiger partial charge >= 0.3 is 0 Å². The maximum Gasteiger partial charge on any atom is 0.0561 e. The molecule has 1 aromatic rings. The van der Waals surface area contributed by atoms with E-state index < -0.39 is 0 Å². The van der Waals surface area contributed by atoms with Gasteiger partial charge in [0.15, 0.2) is 0 Å². The van der Waals surface area contributed by atoms with E-state index in [-0.39, 0.29) is 0 Å². The second-order valence-electron chi connectivity index (χ2n) is 1.63. The molecule has 0 saturated heterocycles. The lowest BCUT2D eigenvalue weighted by molar-refractivity contribution is 0.660. The standard InChI is InChI=1S/C5H9N2P/c1-2-7-4-5(8)3-6-7/h3-4H,2,8H2,1H3. The van der Waals surface area contributed by atoms with Crippen LogP contribution in [0.4, 0.5) is 0 Å². The van der Waals surface area contributed by atoms with Gasteiger partial charge in [0.05, 0.1) is 6.20 Å². The summed E-state index contributed by atoms with van der Waals surface area (Å²) in [5, 5.41) is 5.18. The van der Waals surface area contributed by atoms with Gasteiger partial charge in [-0.25, -0.2) is 0 Å². The van der Waals surface area contributed by atoms with E-state index in [2.05, 4.69) is 21.3 Å². The minimum atomic E-state index is 0.953. The molecule has 0 radical (unpaired) electrons. The van der Waals surface area contributed by atoms with Crippen molar-refractivity contribution >= 4 is 14.5 Å². The van der Waals surface area contributed by atoms with Crippen LogP contribution in [0.25, 0.3) is 0 Å². The first-order valence-electron chi connectivity index (χ1n) is 2.61. The van der Waals surface area contributed by atoms with Crippen LogP contribution in [0, 0.1) is 0 Å². The summed E-state index contributed by atoms with van der Waals surface area (Å²) in [6.45, 7) is 3.02. The van der Waals surface area contributed by atoms with E-state index in [1.54, 1.807) is 0 Å². The second kappa shape index (κ2) is 2.27. The van der Waals surface area contributed by atoms with Gasteiger partial charge in [-0.05, 0) is 6.92 Å². The Morgan fingerprint density at radius 3 is 2.88 bits per heavy atom. The number of hydrogen-bond acceptors (Lipinski definition) is 1. The van der Waals surface area contributed by atoms with E-state index in [1.807, 2.05) is 17.1 Å². The summed E-state index contributed by atoms with van der Waals surface area (Å²) in [4.78, 5) is 0. The van der Waals surface area contributed by atoms with Crippen LogP contribution >= 0.6 is 9.24 Å². The van der Waals surface area contributed by atoms with Gasteiger partial charge in [-0.15, -0.1) is 9.24 Å². The van der Waals surface area contributed by atoms with Gasteiger partial charge in [-0.3, -0.25) is 4.68 Å². The SMILES string of the molecule is CCn1cc(P)cn1. The molecule has 8 heavy (non-hydrogen) atoms. The van der Waals surface area contributed by atoms with Gasteiger partial charge in [0.2, 0.25) is 0 Å². The molecule has 1 aromatic heterocycles. The fourth-order valence-corrected chi connectivity index (χ4v) is 0.791. The highest BCUT2D eigenvalue weighted by Crippen LogP contribution is 1.86.